The fourth-order valence-electron chi connectivity index (χ4n) is 13.7. The second-order valence-corrected chi connectivity index (χ2v) is 28.5. The van der Waals surface area contributed by atoms with Crippen LogP contribution in [0.15, 0.2) is 328 Å². The molecule has 552 valence electrons. The lowest BCUT2D eigenvalue weighted by atomic mass is 9.93. The van der Waals surface area contributed by atoms with Gasteiger partial charge >= 0.3 is 35.8 Å². The van der Waals surface area contributed by atoms with Crippen molar-refractivity contribution in [2.24, 2.45) is 0 Å². The highest BCUT2D eigenvalue weighted by molar-refractivity contribution is 6.27. The van der Waals surface area contributed by atoms with Crippen LogP contribution in [0, 0.1) is 41.5 Å². The molecular formula is C102H72O12. The minimum absolute atomic E-state index is 0.163. The Labute approximate surface area is 658 Å². The van der Waals surface area contributed by atoms with Gasteiger partial charge in [-0.2, -0.15) is 0 Å². The van der Waals surface area contributed by atoms with Gasteiger partial charge in [0.05, 0.1) is 33.4 Å². The van der Waals surface area contributed by atoms with Gasteiger partial charge in [-0.3, -0.25) is 0 Å². The molecule has 0 spiro atoms. The van der Waals surface area contributed by atoms with Gasteiger partial charge in [0.15, 0.2) is 34.5 Å². The molecule has 0 aliphatic carbocycles. The molecule has 0 saturated carbocycles. The van der Waals surface area contributed by atoms with Crippen LogP contribution in [0.25, 0.3) is 99.1 Å². The third kappa shape index (κ3) is 16.0. The van der Waals surface area contributed by atoms with Crippen molar-refractivity contribution in [1.82, 2.24) is 0 Å². The summed E-state index contributed by atoms with van der Waals surface area (Å²) >= 11 is 0. The van der Waals surface area contributed by atoms with Crippen molar-refractivity contribution >= 4 is 68.1 Å². The van der Waals surface area contributed by atoms with Gasteiger partial charge in [0.25, 0.3) is 0 Å². The van der Waals surface area contributed by atoms with Crippen LogP contribution in [0.2, 0.25) is 0 Å². The van der Waals surface area contributed by atoms with Crippen molar-refractivity contribution in [3.05, 3.63) is 394 Å². The molecule has 0 atom stereocenters. The summed E-state index contributed by atoms with van der Waals surface area (Å²) in [4.78, 5) is 89.7. The average Bonchev–Trinajstić information content (AvgIpc) is 0.721. The Morgan fingerprint density at radius 3 is 0.351 bits per heavy atom. The van der Waals surface area contributed by atoms with Gasteiger partial charge in [-0.25, -0.2) is 28.8 Å². The van der Waals surface area contributed by atoms with E-state index in [0.29, 0.717) is 32.3 Å². The van der Waals surface area contributed by atoms with Gasteiger partial charge < -0.3 is 28.4 Å². The predicted octanol–water partition coefficient (Wildman–Crippen LogP) is 24.3. The summed E-state index contributed by atoms with van der Waals surface area (Å²) in [6.45, 7) is 12.0. The molecule has 12 nitrogen and oxygen atoms in total. The zero-order valence-corrected chi connectivity index (χ0v) is 63.1. The number of carbonyl (C=O) groups excluding carboxylic acids is 6. The van der Waals surface area contributed by atoms with E-state index in [2.05, 4.69) is 0 Å². The minimum atomic E-state index is -0.809. The van der Waals surface area contributed by atoms with E-state index in [4.69, 9.17) is 28.4 Å². The van der Waals surface area contributed by atoms with E-state index in [9.17, 15) is 28.8 Å². The van der Waals surface area contributed by atoms with Gasteiger partial charge in [0.2, 0.25) is 0 Å². The minimum Gasteiger partial charge on any atom is -0.419 e. The second-order valence-electron chi connectivity index (χ2n) is 28.5. The van der Waals surface area contributed by atoms with E-state index in [-0.39, 0.29) is 67.9 Å². The molecule has 12 heteroatoms. The molecule has 0 aliphatic heterocycles. The van der Waals surface area contributed by atoms with Gasteiger partial charge in [-0.15, -0.1) is 0 Å². The Bertz CT molecular complexity index is 5340. The van der Waals surface area contributed by atoms with Crippen molar-refractivity contribution in [3.63, 3.8) is 0 Å². The summed E-state index contributed by atoms with van der Waals surface area (Å²) in [6.07, 6.45) is 0. The smallest absolute Gasteiger partial charge is 0.343 e. The topological polar surface area (TPSA) is 158 Å². The van der Waals surface area contributed by atoms with E-state index in [0.717, 1.165) is 100 Å². The Balaban J connectivity index is 0.897. The Kier molecular flexibility index (Phi) is 20.3. The summed E-state index contributed by atoms with van der Waals surface area (Å²) in [5.41, 5.74) is 18.2. The first-order valence-corrected chi connectivity index (χ1v) is 37.2. The highest BCUT2D eigenvalue weighted by Gasteiger charge is 2.28. The normalized spacial score (nSPS) is 11.1. The third-order valence-electron chi connectivity index (χ3n) is 20.4. The second kappa shape index (κ2) is 31.6. The molecule has 16 rings (SSSR count). The summed E-state index contributed by atoms with van der Waals surface area (Å²) in [5.74, 6) is -6.12. The molecule has 114 heavy (non-hydrogen) atoms. The van der Waals surface area contributed by atoms with Gasteiger partial charge in [-0.05, 0) is 250 Å². The molecule has 0 unspecified atom stereocenters. The SMILES string of the molecule is Cc1ccc(-c2ccc(C(=O)Oc3cc4c5cc(OC(=O)c6ccc(-c7ccc(C)cc7)cc6)c(OC(=O)c6ccc(-c7ccc(C)cc7)cc6)cc5c5cc(OC(=O)c6ccc(-c7ccc(C)cc7)cc6)c(OC(=O)c6ccc(-c7ccc(C)cc7)cc6)cc5c4cc3OC(=O)c3ccc(-c4ccc(C)cc4)cc3)cc2)cc1. The number of rotatable bonds is 18. The largest absolute Gasteiger partial charge is 0.419 e. The van der Waals surface area contributed by atoms with Crippen LogP contribution in [0.1, 0.15) is 95.5 Å². The van der Waals surface area contributed by atoms with Crippen LogP contribution < -0.4 is 28.4 Å². The molecule has 0 bridgehead atoms. The zero-order valence-electron chi connectivity index (χ0n) is 63.1. The Morgan fingerprint density at radius 1 is 0.149 bits per heavy atom. The molecule has 0 saturated heterocycles. The van der Waals surface area contributed by atoms with E-state index in [1.54, 1.807) is 72.8 Å². The number of aryl methyl sites for hydroxylation is 6. The number of carbonyl (C=O) groups is 6. The van der Waals surface area contributed by atoms with Crippen LogP contribution in [0.5, 0.6) is 34.5 Å². The Hall–Kier alpha value is -14.9. The zero-order chi connectivity index (χ0) is 78.7. The quantitative estimate of drug-likeness (QED) is 0.0455. The van der Waals surface area contributed by atoms with Crippen molar-refractivity contribution < 1.29 is 57.2 Å². The van der Waals surface area contributed by atoms with Gasteiger partial charge in [0, 0.05) is 0 Å². The molecule has 16 aromatic carbocycles. The van der Waals surface area contributed by atoms with E-state index < -0.39 is 35.8 Å². The molecule has 0 heterocycles. The van der Waals surface area contributed by atoms with E-state index >= 15 is 0 Å². The Morgan fingerprint density at radius 2 is 0.246 bits per heavy atom. The summed E-state index contributed by atoms with van der Waals surface area (Å²) in [5, 5.41) is 1.77. The number of benzene rings is 16. The molecule has 0 amide bonds. The molecule has 0 N–H and O–H groups in total. The fourth-order valence-corrected chi connectivity index (χ4v) is 13.7. The molecule has 0 fully saturated rings. The van der Waals surface area contributed by atoms with Crippen LogP contribution in [0.4, 0.5) is 0 Å². The van der Waals surface area contributed by atoms with Crippen molar-refractivity contribution in [2.45, 2.75) is 41.5 Å². The maximum absolute atomic E-state index is 14.9. The monoisotopic (exact) mass is 1490 g/mol. The molecule has 0 radical (unpaired) electrons. The first-order valence-electron chi connectivity index (χ1n) is 37.2. The summed E-state index contributed by atoms with van der Waals surface area (Å²) in [7, 11) is 0. The molecule has 0 aromatic heterocycles. The van der Waals surface area contributed by atoms with Crippen LogP contribution in [-0.2, 0) is 0 Å². The fraction of sp³-hybridized carbons (Fsp3) is 0.0588. The number of fused-ring (bicyclic) bond motifs is 6. The van der Waals surface area contributed by atoms with Crippen LogP contribution in [0.3, 0.4) is 0 Å². The van der Waals surface area contributed by atoms with E-state index in [1.165, 1.54) is 36.4 Å². The van der Waals surface area contributed by atoms with Crippen molar-refractivity contribution in [2.75, 3.05) is 0 Å². The maximum atomic E-state index is 14.9. The lowest BCUT2D eigenvalue weighted by molar-refractivity contribution is 0.0682. The first-order chi connectivity index (χ1) is 55.3. The number of hydrogen-bond acceptors (Lipinski definition) is 12. The van der Waals surface area contributed by atoms with Gasteiger partial charge in [0.1, 0.15) is 0 Å². The average molecular weight is 1490 g/mol. The van der Waals surface area contributed by atoms with Crippen molar-refractivity contribution in [3.8, 4) is 101 Å². The lowest BCUT2D eigenvalue weighted by Gasteiger charge is -2.19. The summed E-state index contributed by atoms with van der Waals surface area (Å²) < 4.78 is 38.8. The molecular weight excluding hydrogens is 1420 g/mol. The third-order valence-corrected chi connectivity index (χ3v) is 20.4. The number of ether oxygens (including phenoxy) is 6. The van der Waals surface area contributed by atoms with Crippen LogP contribution >= 0.6 is 0 Å². The first kappa shape index (κ1) is 73.3. The highest BCUT2D eigenvalue weighted by Crippen LogP contribution is 2.49. The maximum Gasteiger partial charge on any atom is 0.343 e. The predicted molar refractivity (Wildman–Crippen MR) is 448 cm³/mol. The van der Waals surface area contributed by atoms with Gasteiger partial charge in [-0.1, -0.05) is 252 Å². The van der Waals surface area contributed by atoms with Crippen molar-refractivity contribution in [1.29, 1.82) is 0 Å². The molecule has 16 aromatic rings. The lowest BCUT2D eigenvalue weighted by Crippen LogP contribution is -2.14. The van der Waals surface area contributed by atoms with Crippen LogP contribution in [-0.4, -0.2) is 35.8 Å². The highest BCUT2D eigenvalue weighted by atomic mass is 16.6. The van der Waals surface area contributed by atoms with E-state index in [1.807, 2.05) is 260 Å². The summed E-state index contributed by atoms with van der Waals surface area (Å²) in [6, 6.07) is 98.7. The number of esters is 6. The molecule has 0 aliphatic rings. The number of hydrogen-bond donors (Lipinski definition) is 0. The standard InChI is InChI=1S/C102H72O12/c1-61-7-19-67(20-8-61)73-31-43-79(44-32-73)97(103)109-91-55-85-86(56-92(91)110-98(104)80-45-33-74(34-46-80)68-21-9-62(2)10-22-68)88-58-94(112-100(106)82-49-37-76(38-50-82)70-25-13-64(4)14-26-70)96(114-102(108)84-53-41-78(42-54-84)72-29-17-66(6)18-30-72)60-90(88)89-59-95(113-101(107)83-51-39-77(40-52-83)71-27-15-65(5)16-28-71)93(57-87(85)89)111-99(105)81-47-35-75(36-48-81)69-23-11-63(3)12-24-69/h7-60H,1-6H3.